The maximum Gasteiger partial charge on any atom is 0.307 e. The van der Waals surface area contributed by atoms with Crippen LogP contribution in [0.15, 0.2) is 82.5 Å². The minimum absolute atomic E-state index is 0.231. The molecule has 0 aliphatic heterocycles. The molecule has 116 valence electrons. The van der Waals surface area contributed by atoms with Gasteiger partial charge in [-0.15, -0.1) is 0 Å². The minimum Gasteiger partial charge on any atom is -0.459 e. The first-order chi connectivity index (χ1) is 11.8. The van der Waals surface area contributed by atoms with E-state index in [1.165, 1.54) is 6.26 Å². The molecule has 4 nitrogen and oxygen atoms in total. The second-order valence-corrected chi connectivity index (χ2v) is 5.41. The average molecular weight is 314 g/mol. The number of furan rings is 1. The lowest BCUT2D eigenvalue weighted by molar-refractivity contribution is 0.0927. The summed E-state index contributed by atoms with van der Waals surface area (Å²) in [6.45, 7) is 0. The fourth-order valence-electron chi connectivity index (χ4n) is 2.81. The van der Waals surface area contributed by atoms with E-state index < -0.39 is 0 Å². The van der Waals surface area contributed by atoms with Crippen LogP contribution in [0.3, 0.4) is 0 Å². The number of nitrogens with one attached hydrogen (secondary N) is 1. The smallest absolute Gasteiger partial charge is 0.307 e. The number of carbonyl (C=O) groups is 1. The molecular weight excluding hydrogens is 300 g/mol. The van der Waals surface area contributed by atoms with Gasteiger partial charge in [0.15, 0.2) is 5.76 Å². The van der Waals surface area contributed by atoms with E-state index in [1.54, 1.807) is 18.3 Å². The lowest BCUT2D eigenvalue weighted by atomic mass is 9.97. The van der Waals surface area contributed by atoms with Gasteiger partial charge in [0.05, 0.1) is 12.5 Å². The van der Waals surface area contributed by atoms with E-state index in [-0.39, 0.29) is 11.7 Å². The molecule has 0 saturated heterocycles. The highest BCUT2D eigenvalue weighted by Gasteiger charge is 2.08. The van der Waals surface area contributed by atoms with Crippen LogP contribution in [0.4, 0.5) is 0 Å². The molecule has 0 fully saturated rings. The third kappa shape index (κ3) is 2.54. The topological polar surface area (TPSA) is 54.6 Å². The second kappa shape index (κ2) is 6.01. The standard InChI is InChI=1S/C20H14N2O2/c23-20(19-10-5-11-24-19)22-21-13-18-16-8-3-1-6-14(16)12-15-7-2-4-9-17(15)18/h1-13H,(H,22,23)/b21-13+. The van der Waals surface area contributed by atoms with E-state index >= 15 is 0 Å². The Kier molecular flexibility index (Phi) is 3.56. The Morgan fingerprint density at radius 2 is 1.58 bits per heavy atom. The van der Waals surface area contributed by atoms with Gasteiger partial charge in [-0.25, -0.2) is 5.43 Å². The van der Waals surface area contributed by atoms with E-state index in [2.05, 4.69) is 40.9 Å². The summed E-state index contributed by atoms with van der Waals surface area (Å²) >= 11 is 0. The molecule has 1 amide bonds. The van der Waals surface area contributed by atoms with Gasteiger partial charge in [-0.1, -0.05) is 48.5 Å². The van der Waals surface area contributed by atoms with Gasteiger partial charge < -0.3 is 4.42 Å². The van der Waals surface area contributed by atoms with Crippen LogP contribution in [0.2, 0.25) is 0 Å². The average Bonchev–Trinajstić information content (AvgIpc) is 3.16. The van der Waals surface area contributed by atoms with Crippen molar-refractivity contribution in [3.63, 3.8) is 0 Å². The predicted molar refractivity (Wildman–Crippen MR) is 95.2 cm³/mol. The van der Waals surface area contributed by atoms with E-state index in [9.17, 15) is 4.79 Å². The largest absolute Gasteiger partial charge is 0.459 e. The molecule has 4 rings (SSSR count). The Balaban J connectivity index is 1.76. The first kappa shape index (κ1) is 14.2. The summed E-state index contributed by atoms with van der Waals surface area (Å²) < 4.78 is 5.05. The van der Waals surface area contributed by atoms with Crippen molar-refractivity contribution in [2.24, 2.45) is 5.10 Å². The molecule has 0 aliphatic carbocycles. The Morgan fingerprint density at radius 3 is 2.21 bits per heavy atom. The molecule has 0 saturated carbocycles. The second-order valence-electron chi connectivity index (χ2n) is 5.41. The maximum absolute atomic E-state index is 11.9. The van der Waals surface area contributed by atoms with Crippen molar-refractivity contribution in [3.8, 4) is 0 Å². The molecule has 0 unspecified atom stereocenters. The van der Waals surface area contributed by atoms with Gasteiger partial charge in [-0.2, -0.15) is 5.10 Å². The summed E-state index contributed by atoms with van der Waals surface area (Å²) in [5, 5.41) is 8.56. The predicted octanol–water partition coefficient (Wildman–Crippen LogP) is 4.35. The molecule has 3 aromatic carbocycles. The Labute approximate surface area is 138 Å². The van der Waals surface area contributed by atoms with Crippen LogP contribution in [0.1, 0.15) is 16.1 Å². The van der Waals surface area contributed by atoms with Crippen molar-refractivity contribution >= 4 is 33.7 Å². The third-order valence-corrected chi connectivity index (χ3v) is 3.92. The lowest BCUT2D eigenvalue weighted by Gasteiger charge is -2.07. The number of nitrogens with zero attached hydrogens (tertiary/aromatic N) is 1. The van der Waals surface area contributed by atoms with Crippen molar-refractivity contribution in [2.75, 3.05) is 0 Å². The zero-order chi connectivity index (χ0) is 16.4. The number of rotatable bonds is 3. The number of hydrazone groups is 1. The fraction of sp³-hybridized carbons (Fsp3) is 0. The number of amides is 1. The summed E-state index contributed by atoms with van der Waals surface area (Å²) in [7, 11) is 0. The summed E-state index contributed by atoms with van der Waals surface area (Å²) in [5.74, 6) is -0.143. The Bertz CT molecular complexity index is 996. The number of hydrogen-bond donors (Lipinski definition) is 1. The number of benzene rings is 3. The van der Waals surface area contributed by atoms with Gasteiger partial charge in [-0.05, 0) is 39.7 Å². The van der Waals surface area contributed by atoms with E-state index in [4.69, 9.17) is 4.42 Å². The highest BCUT2D eigenvalue weighted by molar-refractivity contribution is 6.13. The fourth-order valence-corrected chi connectivity index (χ4v) is 2.81. The minimum atomic E-state index is -0.374. The first-order valence-electron chi connectivity index (χ1n) is 7.60. The molecule has 1 N–H and O–H groups in total. The number of carbonyl (C=O) groups excluding carboxylic acids is 1. The van der Waals surface area contributed by atoms with Crippen molar-refractivity contribution in [2.45, 2.75) is 0 Å². The van der Waals surface area contributed by atoms with Crippen molar-refractivity contribution in [1.29, 1.82) is 0 Å². The van der Waals surface area contributed by atoms with Gasteiger partial charge in [0, 0.05) is 5.56 Å². The number of fused-ring (bicyclic) bond motifs is 2. The zero-order valence-electron chi connectivity index (χ0n) is 12.8. The summed E-state index contributed by atoms with van der Waals surface area (Å²) in [6, 6.07) is 21.7. The van der Waals surface area contributed by atoms with Gasteiger partial charge >= 0.3 is 5.91 Å². The highest BCUT2D eigenvalue weighted by atomic mass is 16.3. The molecule has 1 heterocycles. The molecule has 0 aliphatic rings. The normalized spacial score (nSPS) is 11.3. The van der Waals surface area contributed by atoms with Crippen LogP contribution in [0, 0.1) is 0 Å². The van der Waals surface area contributed by atoms with Crippen LogP contribution in [0.25, 0.3) is 21.5 Å². The van der Waals surface area contributed by atoms with E-state index in [0.717, 1.165) is 27.1 Å². The van der Waals surface area contributed by atoms with Crippen molar-refractivity contribution in [1.82, 2.24) is 5.43 Å². The van der Waals surface area contributed by atoms with Crippen LogP contribution >= 0.6 is 0 Å². The summed E-state index contributed by atoms with van der Waals surface area (Å²) in [5.41, 5.74) is 3.48. The van der Waals surface area contributed by atoms with Crippen LogP contribution < -0.4 is 5.43 Å². The quantitative estimate of drug-likeness (QED) is 0.347. The molecule has 0 spiro atoms. The Morgan fingerprint density at radius 1 is 0.917 bits per heavy atom. The van der Waals surface area contributed by atoms with Gasteiger partial charge in [0.2, 0.25) is 0 Å². The lowest BCUT2D eigenvalue weighted by Crippen LogP contribution is -2.16. The van der Waals surface area contributed by atoms with Crippen LogP contribution in [-0.2, 0) is 0 Å². The molecule has 24 heavy (non-hydrogen) atoms. The van der Waals surface area contributed by atoms with Gasteiger partial charge in [0.1, 0.15) is 0 Å². The molecule has 4 heteroatoms. The highest BCUT2D eigenvalue weighted by Crippen LogP contribution is 2.27. The molecular formula is C20H14N2O2. The molecule has 4 aromatic rings. The monoisotopic (exact) mass is 314 g/mol. The Hall–Kier alpha value is -3.40. The number of hydrogen-bond acceptors (Lipinski definition) is 3. The van der Waals surface area contributed by atoms with E-state index in [1.807, 2.05) is 24.3 Å². The SMILES string of the molecule is O=C(N/N=C/c1c2ccccc2cc2ccccc12)c1ccco1. The molecule has 0 bridgehead atoms. The van der Waals surface area contributed by atoms with Crippen molar-refractivity contribution < 1.29 is 9.21 Å². The zero-order valence-corrected chi connectivity index (χ0v) is 12.8. The van der Waals surface area contributed by atoms with E-state index in [0.29, 0.717) is 0 Å². The van der Waals surface area contributed by atoms with Gasteiger partial charge in [0.25, 0.3) is 0 Å². The molecule has 0 radical (unpaired) electrons. The van der Waals surface area contributed by atoms with Gasteiger partial charge in [-0.3, -0.25) is 4.79 Å². The van der Waals surface area contributed by atoms with Crippen LogP contribution in [0.5, 0.6) is 0 Å². The third-order valence-electron chi connectivity index (χ3n) is 3.92. The maximum atomic E-state index is 11.9. The van der Waals surface area contributed by atoms with Crippen LogP contribution in [-0.4, -0.2) is 12.1 Å². The first-order valence-corrected chi connectivity index (χ1v) is 7.60. The molecule has 0 atom stereocenters. The molecule has 1 aromatic heterocycles. The summed E-state index contributed by atoms with van der Waals surface area (Å²) in [4.78, 5) is 11.9. The summed E-state index contributed by atoms with van der Waals surface area (Å²) in [6.07, 6.45) is 3.14. The van der Waals surface area contributed by atoms with Crippen molar-refractivity contribution in [3.05, 3.63) is 84.3 Å².